The van der Waals surface area contributed by atoms with Crippen LogP contribution in [0, 0.1) is 0 Å². The Labute approximate surface area is 110 Å². The van der Waals surface area contributed by atoms with Gasteiger partial charge in [-0.2, -0.15) is 0 Å². The van der Waals surface area contributed by atoms with Gasteiger partial charge in [0.1, 0.15) is 0 Å². The molecule has 2 aromatic rings. The van der Waals surface area contributed by atoms with Crippen LogP contribution in [0.5, 0.6) is 0 Å². The van der Waals surface area contributed by atoms with Crippen molar-refractivity contribution in [1.82, 2.24) is 0 Å². The van der Waals surface area contributed by atoms with Gasteiger partial charge in [0, 0.05) is 6.61 Å². The molecule has 0 bridgehead atoms. The first-order valence-electron chi connectivity index (χ1n) is 6.63. The van der Waals surface area contributed by atoms with Crippen LogP contribution in [-0.2, 0) is 4.65 Å². The van der Waals surface area contributed by atoms with Gasteiger partial charge in [0.2, 0.25) is 0 Å². The van der Waals surface area contributed by atoms with Crippen LogP contribution < -0.4 is 10.9 Å². The van der Waals surface area contributed by atoms with Gasteiger partial charge in [0.15, 0.2) is 0 Å². The summed E-state index contributed by atoms with van der Waals surface area (Å²) in [5.74, 6) is 0. The van der Waals surface area contributed by atoms with Crippen LogP contribution in [0.25, 0.3) is 0 Å². The highest BCUT2D eigenvalue weighted by Gasteiger charge is 2.20. The Morgan fingerprint density at radius 1 is 0.833 bits per heavy atom. The first kappa shape index (κ1) is 12.9. The molecule has 0 N–H and O–H groups in total. The van der Waals surface area contributed by atoms with Gasteiger partial charge in [-0.05, 0) is 17.3 Å². The Morgan fingerprint density at radius 3 is 1.78 bits per heavy atom. The summed E-state index contributed by atoms with van der Waals surface area (Å²) < 4.78 is 6.05. The number of rotatable bonds is 6. The minimum absolute atomic E-state index is 0.0546. The highest BCUT2D eigenvalue weighted by atomic mass is 16.4. The minimum Gasteiger partial charge on any atom is -0.427 e. The van der Waals surface area contributed by atoms with Crippen molar-refractivity contribution in [3.05, 3.63) is 60.7 Å². The molecule has 0 saturated carbocycles. The third-order valence-electron chi connectivity index (χ3n) is 2.99. The first-order chi connectivity index (χ1) is 8.92. The van der Waals surface area contributed by atoms with E-state index in [-0.39, 0.29) is 6.92 Å². The van der Waals surface area contributed by atoms with Crippen molar-refractivity contribution in [3.63, 3.8) is 0 Å². The monoisotopic (exact) mass is 238 g/mol. The molecular weight excluding hydrogens is 219 g/mol. The van der Waals surface area contributed by atoms with Crippen LogP contribution >= 0.6 is 0 Å². The molecule has 0 aromatic heterocycles. The van der Waals surface area contributed by atoms with Crippen LogP contribution in [0.1, 0.15) is 19.8 Å². The third kappa shape index (κ3) is 3.48. The van der Waals surface area contributed by atoms with Crippen LogP contribution in [-0.4, -0.2) is 13.5 Å². The summed E-state index contributed by atoms with van der Waals surface area (Å²) >= 11 is 0. The molecule has 0 fully saturated rings. The lowest BCUT2D eigenvalue weighted by molar-refractivity contribution is 0.324. The molecule has 1 nitrogen and oxygen atoms in total. The summed E-state index contributed by atoms with van der Waals surface area (Å²) in [5, 5.41) is 0. The van der Waals surface area contributed by atoms with Crippen LogP contribution in [0.3, 0.4) is 0 Å². The molecule has 0 aliphatic rings. The normalized spacial score (nSPS) is 10.3. The van der Waals surface area contributed by atoms with E-state index in [9.17, 15) is 0 Å². The second kappa shape index (κ2) is 7.02. The van der Waals surface area contributed by atoms with E-state index in [2.05, 4.69) is 55.5 Å². The maximum absolute atomic E-state index is 6.05. The van der Waals surface area contributed by atoms with Crippen molar-refractivity contribution in [2.24, 2.45) is 0 Å². The second-order valence-electron chi connectivity index (χ2n) is 4.43. The predicted octanol–water partition coefficient (Wildman–Crippen LogP) is 2.61. The second-order valence-corrected chi connectivity index (χ2v) is 4.43. The molecular formula is C16H19BO. The van der Waals surface area contributed by atoms with Crippen LogP contribution in [0.15, 0.2) is 60.7 Å². The largest absolute Gasteiger partial charge is 0.427 e. The average Bonchev–Trinajstić information content (AvgIpc) is 2.46. The lowest BCUT2D eigenvalue weighted by atomic mass is 9.55. The van der Waals surface area contributed by atoms with Crippen molar-refractivity contribution < 1.29 is 4.65 Å². The van der Waals surface area contributed by atoms with E-state index in [1.807, 2.05) is 12.1 Å². The molecule has 0 unspecified atom stereocenters. The summed E-state index contributed by atoms with van der Waals surface area (Å²) in [4.78, 5) is 0. The number of unbranched alkanes of at least 4 members (excludes halogenated alkanes) is 1. The minimum atomic E-state index is 0.0546. The van der Waals surface area contributed by atoms with Crippen LogP contribution in [0.2, 0.25) is 0 Å². The SMILES string of the molecule is CCCCOB(c1ccccc1)c1ccccc1. The maximum Gasteiger partial charge on any atom is 0.361 e. The highest BCUT2D eigenvalue weighted by Crippen LogP contribution is 1.97. The molecule has 0 amide bonds. The number of hydrogen-bond donors (Lipinski definition) is 0. The molecule has 0 aliphatic heterocycles. The van der Waals surface area contributed by atoms with Gasteiger partial charge >= 0.3 is 6.92 Å². The molecule has 2 aromatic carbocycles. The van der Waals surface area contributed by atoms with E-state index in [0.29, 0.717) is 0 Å². The topological polar surface area (TPSA) is 9.23 Å². The van der Waals surface area contributed by atoms with E-state index in [4.69, 9.17) is 4.65 Å². The van der Waals surface area contributed by atoms with Gasteiger partial charge < -0.3 is 4.65 Å². The van der Waals surface area contributed by atoms with Gasteiger partial charge in [0.05, 0.1) is 0 Å². The van der Waals surface area contributed by atoms with E-state index in [1.54, 1.807) is 0 Å². The fourth-order valence-corrected chi connectivity index (χ4v) is 1.99. The van der Waals surface area contributed by atoms with E-state index in [0.717, 1.165) is 19.4 Å². The summed E-state index contributed by atoms with van der Waals surface area (Å²) in [5.41, 5.74) is 2.44. The Bertz CT molecular complexity index is 402. The van der Waals surface area contributed by atoms with Crippen molar-refractivity contribution >= 4 is 17.8 Å². The van der Waals surface area contributed by atoms with Crippen molar-refractivity contribution in [1.29, 1.82) is 0 Å². The van der Waals surface area contributed by atoms with Crippen LogP contribution in [0.4, 0.5) is 0 Å². The van der Waals surface area contributed by atoms with Gasteiger partial charge in [-0.1, -0.05) is 74.0 Å². The zero-order valence-corrected chi connectivity index (χ0v) is 10.9. The number of hydrogen-bond acceptors (Lipinski definition) is 1. The van der Waals surface area contributed by atoms with Gasteiger partial charge in [-0.15, -0.1) is 0 Å². The number of benzene rings is 2. The van der Waals surface area contributed by atoms with Crippen molar-refractivity contribution in [3.8, 4) is 0 Å². The Morgan fingerprint density at radius 2 is 1.33 bits per heavy atom. The third-order valence-corrected chi connectivity index (χ3v) is 2.99. The summed E-state index contributed by atoms with van der Waals surface area (Å²) in [6.07, 6.45) is 2.27. The van der Waals surface area contributed by atoms with Gasteiger partial charge in [-0.3, -0.25) is 0 Å². The molecule has 0 atom stereocenters. The summed E-state index contributed by atoms with van der Waals surface area (Å²) in [7, 11) is 0. The lowest BCUT2D eigenvalue weighted by Gasteiger charge is -2.15. The highest BCUT2D eigenvalue weighted by molar-refractivity contribution is 6.80. The van der Waals surface area contributed by atoms with Crippen molar-refractivity contribution in [2.45, 2.75) is 19.8 Å². The molecule has 92 valence electrons. The summed E-state index contributed by atoms with van der Waals surface area (Å²) in [6, 6.07) is 20.8. The van der Waals surface area contributed by atoms with E-state index in [1.165, 1.54) is 10.9 Å². The predicted molar refractivity (Wildman–Crippen MR) is 78.8 cm³/mol. The van der Waals surface area contributed by atoms with Gasteiger partial charge in [-0.25, -0.2) is 0 Å². The molecule has 0 spiro atoms. The Hall–Kier alpha value is -1.54. The molecule has 2 rings (SSSR count). The standard InChI is InChI=1S/C16H19BO/c1-2-3-14-18-17(15-10-6-4-7-11-15)16-12-8-5-9-13-16/h4-13H,2-3,14H2,1H3. The lowest BCUT2D eigenvalue weighted by Crippen LogP contribution is -2.45. The molecule has 18 heavy (non-hydrogen) atoms. The van der Waals surface area contributed by atoms with E-state index < -0.39 is 0 Å². The maximum atomic E-state index is 6.05. The Kier molecular flexibility index (Phi) is 5.04. The molecule has 0 heterocycles. The first-order valence-corrected chi connectivity index (χ1v) is 6.63. The van der Waals surface area contributed by atoms with Crippen molar-refractivity contribution in [2.75, 3.05) is 6.61 Å². The molecule has 2 heteroatoms. The average molecular weight is 238 g/mol. The van der Waals surface area contributed by atoms with Gasteiger partial charge in [0.25, 0.3) is 0 Å². The smallest absolute Gasteiger partial charge is 0.361 e. The fourth-order valence-electron chi connectivity index (χ4n) is 1.99. The zero-order chi connectivity index (χ0) is 12.6. The molecule has 0 aliphatic carbocycles. The van der Waals surface area contributed by atoms with E-state index >= 15 is 0 Å². The Balaban J connectivity index is 2.18. The fraction of sp³-hybridized carbons (Fsp3) is 0.250. The summed E-state index contributed by atoms with van der Waals surface area (Å²) in [6.45, 7) is 3.05. The quantitative estimate of drug-likeness (QED) is 0.555. The molecule has 0 radical (unpaired) electrons. The zero-order valence-electron chi connectivity index (χ0n) is 10.9. The molecule has 0 saturated heterocycles.